The minimum atomic E-state index is -0.0413. The van der Waals surface area contributed by atoms with Gasteiger partial charge >= 0.3 is 0 Å². The fourth-order valence-corrected chi connectivity index (χ4v) is 3.42. The lowest BCUT2D eigenvalue weighted by Gasteiger charge is -2.28. The maximum Gasteiger partial charge on any atom is 0.221 e. The third-order valence-corrected chi connectivity index (χ3v) is 4.91. The lowest BCUT2D eigenvalue weighted by atomic mass is 9.90. The number of amides is 1. The summed E-state index contributed by atoms with van der Waals surface area (Å²) in [5.41, 5.74) is 6.33. The normalized spacial score (nSPS) is 14.2. The molecule has 3 rings (SSSR count). The van der Waals surface area contributed by atoms with E-state index in [0.717, 1.165) is 25.1 Å². The topological polar surface area (TPSA) is 32.3 Å². The van der Waals surface area contributed by atoms with Crippen LogP contribution in [0, 0.1) is 0 Å². The molecule has 3 heteroatoms. The molecule has 2 aromatic carbocycles. The fourth-order valence-electron chi connectivity index (χ4n) is 3.42. The largest absolute Gasteiger partial charge is 0.326 e. The average molecular weight is 334 g/mol. The zero-order valence-electron chi connectivity index (χ0n) is 15.3. The summed E-state index contributed by atoms with van der Waals surface area (Å²) in [6, 6.07) is 15.1. The van der Waals surface area contributed by atoms with E-state index in [1.165, 1.54) is 29.2 Å². The SMILES string of the molecule is CC(=O)Nc1ccc(CN(C)[C@H](C)c2cccc3c2C=CCC3)cc1. The van der Waals surface area contributed by atoms with E-state index in [0.29, 0.717) is 6.04 Å². The second kappa shape index (κ2) is 7.66. The third-order valence-electron chi connectivity index (χ3n) is 4.91. The Balaban J connectivity index is 1.72. The van der Waals surface area contributed by atoms with Gasteiger partial charge in [-0.15, -0.1) is 0 Å². The maximum atomic E-state index is 11.1. The van der Waals surface area contributed by atoms with Crippen LogP contribution in [0.3, 0.4) is 0 Å². The van der Waals surface area contributed by atoms with Crippen molar-refractivity contribution in [3.63, 3.8) is 0 Å². The van der Waals surface area contributed by atoms with E-state index in [2.05, 4.69) is 66.7 Å². The van der Waals surface area contributed by atoms with Crippen LogP contribution < -0.4 is 5.32 Å². The van der Waals surface area contributed by atoms with E-state index in [1.807, 2.05) is 12.1 Å². The van der Waals surface area contributed by atoms with Crippen LogP contribution in [-0.2, 0) is 17.8 Å². The Morgan fingerprint density at radius 2 is 1.96 bits per heavy atom. The number of rotatable bonds is 5. The standard InChI is InChI=1S/C22H26N2O/c1-16(21-10-6-8-19-7-4-5-9-22(19)21)24(3)15-18-11-13-20(14-12-18)23-17(2)25/h5-6,8-14,16H,4,7,15H2,1-3H3,(H,23,25)/t16-/m1/s1. The Bertz CT molecular complexity index is 777. The van der Waals surface area contributed by atoms with E-state index in [4.69, 9.17) is 0 Å². The zero-order chi connectivity index (χ0) is 17.8. The molecule has 1 atom stereocenters. The molecule has 130 valence electrons. The molecule has 0 aliphatic heterocycles. The van der Waals surface area contributed by atoms with E-state index in [9.17, 15) is 4.79 Å². The zero-order valence-corrected chi connectivity index (χ0v) is 15.3. The first-order valence-electron chi connectivity index (χ1n) is 8.89. The molecule has 0 heterocycles. The van der Waals surface area contributed by atoms with Crippen molar-refractivity contribution < 1.29 is 4.79 Å². The van der Waals surface area contributed by atoms with Crippen molar-refractivity contribution in [3.05, 3.63) is 70.8 Å². The summed E-state index contributed by atoms with van der Waals surface area (Å²) in [5, 5.41) is 2.81. The van der Waals surface area contributed by atoms with Gasteiger partial charge in [0.2, 0.25) is 5.91 Å². The Morgan fingerprint density at radius 1 is 1.20 bits per heavy atom. The van der Waals surface area contributed by atoms with Gasteiger partial charge < -0.3 is 5.32 Å². The van der Waals surface area contributed by atoms with Crippen molar-refractivity contribution in [1.29, 1.82) is 0 Å². The first-order valence-corrected chi connectivity index (χ1v) is 8.89. The van der Waals surface area contributed by atoms with Gasteiger partial charge in [-0.25, -0.2) is 0 Å². The number of hydrogen-bond acceptors (Lipinski definition) is 2. The minimum Gasteiger partial charge on any atom is -0.326 e. The summed E-state index contributed by atoms with van der Waals surface area (Å²) in [4.78, 5) is 13.5. The maximum absolute atomic E-state index is 11.1. The van der Waals surface area contributed by atoms with Crippen molar-refractivity contribution in [2.45, 2.75) is 39.3 Å². The molecule has 0 bridgehead atoms. The van der Waals surface area contributed by atoms with Crippen molar-refractivity contribution >= 4 is 17.7 Å². The first-order chi connectivity index (χ1) is 12.0. The fraction of sp³-hybridized carbons (Fsp3) is 0.318. The van der Waals surface area contributed by atoms with Crippen LogP contribution in [0.5, 0.6) is 0 Å². The highest BCUT2D eigenvalue weighted by molar-refractivity contribution is 5.88. The van der Waals surface area contributed by atoms with Crippen molar-refractivity contribution in [2.24, 2.45) is 0 Å². The molecular weight excluding hydrogens is 308 g/mol. The summed E-state index contributed by atoms with van der Waals surface area (Å²) < 4.78 is 0. The quantitative estimate of drug-likeness (QED) is 0.852. The second-order valence-electron chi connectivity index (χ2n) is 6.83. The molecular formula is C22H26N2O. The number of allylic oxidation sites excluding steroid dienone is 1. The Labute approximate surface area is 150 Å². The highest BCUT2D eigenvalue weighted by Crippen LogP contribution is 2.30. The number of carbonyl (C=O) groups is 1. The molecule has 0 radical (unpaired) electrons. The van der Waals surface area contributed by atoms with Crippen LogP contribution in [0.2, 0.25) is 0 Å². The number of hydrogen-bond donors (Lipinski definition) is 1. The molecule has 1 aliphatic carbocycles. The number of nitrogens with one attached hydrogen (secondary N) is 1. The molecule has 2 aromatic rings. The Kier molecular flexibility index (Phi) is 5.34. The molecule has 0 aromatic heterocycles. The molecule has 1 N–H and O–H groups in total. The molecule has 0 saturated heterocycles. The van der Waals surface area contributed by atoms with Crippen molar-refractivity contribution in [1.82, 2.24) is 4.90 Å². The highest BCUT2D eigenvalue weighted by Gasteiger charge is 2.17. The third kappa shape index (κ3) is 4.18. The van der Waals surface area contributed by atoms with Gasteiger partial charge in [-0.2, -0.15) is 0 Å². The summed E-state index contributed by atoms with van der Waals surface area (Å²) >= 11 is 0. The van der Waals surface area contributed by atoms with Crippen molar-refractivity contribution in [3.8, 4) is 0 Å². The lowest BCUT2D eigenvalue weighted by Crippen LogP contribution is -2.23. The summed E-state index contributed by atoms with van der Waals surface area (Å²) in [6.45, 7) is 4.66. The van der Waals surface area contributed by atoms with E-state index >= 15 is 0 Å². The second-order valence-corrected chi connectivity index (χ2v) is 6.83. The summed E-state index contributed by atoms with van der Waals surface area (Å²) in [5.74, 6) is -0.0413. The molecule has 0 spiro atoms. The molecule has 3 nitrogen and oxygen atoms in total. The highest BCUT2D eigenvalue weighted by atomic mass is 16.1. The molecule has 1 aliphatic rings. The molecule has 0 saturated carbocycles. The predicted octanol–water partition coefficient (Wildman–Crippen LogP) is 4.80. The number of benzene rings is 2. The molecule has 1 amide bonds. The van der Waals surface area contributed by atoms with Gasteiger partial charge in [-0.3, -0.25) is 9.69 Å². The molecule has 25 heavy (non-hydrogen) atoms. The van der Waals surface area contributed by atoms with Gasteiger partial charge in [-0.1, -0.05) is 42.5 Å². The van der Waals surface area contributed by atoms with Crippen LogP contribution in [0.4, 0.5) is 5.69 Å². The van der Waals surface area contributed by atoms with Crippen LogP contribution in [0.25, 0.3) is 6.08 Å². The number of aryl methyl sites for hydroxylation is 1. The Morgan fingerprint density at radius 3 is 2.68 bits per heavy atom. The number of fused-ring (bicyclic) bond motifs is 1. The number of anilines is 1. The monoisotopic (exact) mass is 334 g/mol. The van der Waals surface area contributed by atoms with Gasteiger partial charge in [0.25, 0.3) is 0 Å². The summed E-state index contributed by atoms with van der Waals surface area (Å²) in [6.07, 6.45) is 6.84. The number of nitrogens with zero attached hydrogens (tertiary/aromatic N) is 1. The molecule has 0 unspecified atom stereocenters. The van der Waals surface area contributed by atoms with E-state index < -0.39 is 0 Å². The smallest absolute Gasteiger partial charge is 0.221 e. The van der Waals surface area contributed by atoms with Gasteiger partial charge in [0, 0.05) is 25.2 Å². The minimum absolute atomic E-state index is 0.0413. The van der Waals surface area contributed by atoms with E-state index in [1.54, 1.807) is 0 Å². The number of carbonyl (C=O) groups excluding carboxylic acids is 1. The average Bonchev–Trinajstić information content (AvgIpc) is 2.62. The predicted molar refractivity (Wildman–Crippen MR) is 104 cm³/mol. The first kappa shape index (κ1) is 17.4. The van der Waals surface area contributed by atoms with Crippen LogP contribution in [-0.4, -0.2) is 17.9 Å². The lowest BCUT2D eigenvalue weighted by molar-refractivity contribution is -0.114. The van der Waals surface area contributed by atoms with Crippen LogP contribution in [0.15, 0.2) is 48.5 Å². The van der Waals surface area contributed by atoms with Crippen LogP contribution >= 0.6 is 0 Å². The van der Waals surface area contributed by atoms with Gasteiger partial charge in [-0.05, 0) is 61.2 Å². The Hall–Kier alpha value is -2.39. The molecule has 0 fully saturated rings. The van der Waals surface area contributed by atoms with E-state index in [-0.39, 0.29) is 5.91 Å². The summed E-state index contributed by atoms with van der Waals surface area (Å²) in [7, 11) is 2.17. The van der Waals surface area contributed by atoms with Gasteiger partial charge in [0.15, 0.2) is 0 Å². The van der Waals surface area contributed by atoms with Gasteiger partial charge in [0.1, 0.15) is 0 Å². The van der Waals surface area contributed by atoms with Crippen LogP contribution in [0.1, 0.15) is 48.6 Å². The van der Waals surface area contributed by atoms with Gasteiger partial charge in [0.05, 0.1) is 0 Å². The van der Waals surface area contributed by atoms with Crippen molar-refractivity contribution in [2.75, 3.05) is 12.4 Å².